The largest absolute Gasteiger partial charge is 0.346 e. The summed E-state index contributed by atoms with van der Waals surface area (Å²) in [5.41, 5.74) is 1.08. The Bertz CT molecular complexity index is 476. The molecule has 1 heterocycles. The molecule has 0 bridgehead atoms. The van der Waals surface area contributed by atoms with Gasteiger partial charge in [0.15, 0.2) is 10.9 Å². The van der Waals surface area contributed by atoms with Crippen molar-refractivity contribution in [3.8, 4) is 0 Å². The van der Waals surface area contributed by atoms with Crippen LogP contribution in [0.4, 0.5) is 5.13 Å². The van der Waals surface area contributed by atoms with Crippen molar-refractivity contribution in [1.82, 2.24) is 4.98 Å². The highest BCUT2D eigenvalue weighted by molar-refractivity contribution is 7.17. The van der Waals surface area contributed by atoms with E-state index in [4.69, 9.17) is 4.98 Å². The van der Waals surface area contributed by atoms with Crippen LogP contribution in [0.3, 0.4) is 0 Å². The number of ketones is 1. The van der Waals surface area contributed by atoms with E-state index in [1.54, 1.807) is 11.3 Å². The molecule has 0 atom stereocenters. The number of rotatable bonds is 4. The Morgan fingerprint density at radius 1 is 1.37 bits per heavy atom. The molecule has 0 amide bonds. The van der Waals surface area contributed by atoms with Gasteiger partial charge in [0.2, 0.25) is 0 Å². The first-order chi connectivity index (χ1) is 8.84. The summed E-state index contributed by atoms with van der Waals surface area (Å²) in [6.45, 7) is 11.8. The van der Waals surface area contributed by atoms with Gasteiger partial charge in [-0.2, -0.15) is 0 Å². The highest BCUT2D eigenvalue weighted by Crippen LogP contribution is 2.39. The number of fused-ring (bicyclic) bond motifs is 1. The molecule has 0 unspecified atom stereocenters. The molecular weight excluding hydrogens is 256 g/mol. The number of Topliss-reactive ketones (excluding diaryl/α,β-unsaturated/α-hetero) is 1. The first-order valence-corrected chi connectivity index (χ1v) is 7.95. The van der Waals surface area contributed by atoms with Crippen LogP contribution in [0, 0.1) is 5.41 Å². The van der Waals surface area contributed by atoms with Crippen LogP contribution in [0.5, 0.6) is 0 Å². The lowest BCUT2D eigenvalue weighted by Crippen LogP contribution is -2.31. The Labute approximate surface area is 120 Å². The molecule has 19 heavy (non-hydrogen) atoms. The number of carbonyl (C=O) groups excluding carboxylic acids is 1. The molecule has 106 valence electrons. The molecule has 2 rings (SSSR count). The summed E-state index contributed by atoms with van der Waals surface area (Å²) < 4.78 is 0. The Morgan fingerprint density at radius 2 is 2.05 bits per heavy atom. The number of carbonyl (C=O) groups is 1. The van der Waals surface area contributed by atoms with Gasteiger partial charge in [0, 0.05) is 19.0 Å². The second-order valence-corrected chi connectivity index (χ2v) is 7.48. The number of hydrogen-bond acceptors (Lipinski definition) is 4. The van der Waals surface area contributed by atoms with E-state index in [0.29, 0.717) is 12.5 Å². The summed E-state index contributed by atoms with van der Waals surface area (Å²) in [6, 6.07) is 0.427. The van der Waals surface area contributed by atoms with Crippen LogP contribution in [0.1, 0.15) is 62.8 Å². The van der Waals surface area contributed by atoms with Gasteiger partial charge in [-0.25, -0.2) is 4.98 Å². The fraction of sp³-hybridized carbons (Fsp3) is 0.733. The molecule has 0 saturated heterocycles. The summed E-state index contributed by atoms with van der Waals surface area (Å²) in [5.74, 6) is 0.273. The van der Waals surface area contributed by atoms with E-state index in [0.717, 1.165) is 35.1 Å². The third-order valence-electron chi connectivity index (χ3n) is 3.56. The summed E-state index contributed by atoms with van der Waals surface area (Å²) in [6.07, 6.45) is 2.67. The van der Waals surface area contributed by atoms with Gasteiger partial charge in [0.25, 0.3) is 0 Å². The summed E-state index contributed by atoms with van der Waals surface area (Å²) in [4.78, 5) is 20.2. The molecule has 0 saturated carbocycles. The van der Waals surface area contributed by atoms with Crippen LogP contribution in [-0.2, 0) is 6.42 Å². The van der Waals surface area contributed by atoms with Gasteiger partial charge in [-0.05, 0) is 32.1 Å². The third-order valence-corrected chi connectivity index (χ3v) is 4.73. The minimum atomic E-state index is 0.0584. The van der Waals surface area contributed by atoms with Crippen LogP contribution in [0.25, 0.3) is 0 Å². The Hall–Kier alpha value is -0.900. The zero-order chi connectivity index (χ0) is 14.2. The molecule has 1 aliphatic carbocycles. The average Bonchev–Trinajstić information content (AvgIpc) is 2.67. The van der Waals surface area contributed by atoms with Crippen LogP contribution in [0.15, 0.2) is 0 Å². The van der Waals surface area contributed by atoms with E-state index in [1.807, 2.05) is 0 Å². The van der Waals surface area contributed by atoms with E-state index in [9.17, 15) is 4.79 Å². The van der Waals surface area contributed by atoms with E-state index in [2.05, 4.69) is 39.5 Å². The third kappa shape index (κ3) is 2.99. The number of aromatic nitrogens is 1. The molecule has 0 radical (unpaired) electrons. The Kier molecular flexibility index (Phi) is 4.00. The van der Waals surface area contributed by atoms with Gasteiger partial charge in [-0.15, -0.1) is 0 Å². The maximum atomic E-state index is 12.2. The molecule has 0 fully saturated rings. The zero-order valence-corrected chi connectivity index (χ0v) is 13.4. The van der Waals surface area contributed by atoms with Crippen LogP contribution in [0.2, 0.25) is 0 Å². The van der Waals surface area contributed by atoms with E-state index >= 15 is 0 Å². The van der Waals surface area contributed by atoms with Crippen molar-refractivity contribution in [3.63, 3.8) is 0 Å². The first-order valence-electron chi connectivity index (χ1n) is 7.13. The molecule has 0 spiro atoms. The van der Waals surface area contributed by atoms with Crippen molar-refractivity contribution in [2.45, 2.75) is 59.9 Å². The van der Waals surface area contributed by atoms with Gasteiger partial charge >= 0.3 is 0 Å². The van der Waals surface area contributed by atoms with Crippen LogP contribution < -0.4 is 4.90 Å². The fourth-order valence-corrected chi connectivity index (χ4v) is 3.83. The number of thiazole rings is 1. The number of anilines is 1. The average molecular weight is 280 g/mol. The van der Waals surface area contributed by atoms with Crippen LogP contribution in [-0.4, -0.2) is 23.4 Å². The maximum absolute atomic E-state index is 12.2. The molecule has 4 heteroatoms. The lowest BCUT2D eigenvalue weighted by molar-refractivity contribution is 0.0916. The lowest BCUT2D eigenvalue weighted by atomic mass is 9.78. The second-order valence-electron chi connectivity index (χ2n) is 6.50. The SMILES string of the molecule is CCCN(c1nc2c(s1)C(=O)CC(C)(C)C2)C(C)C. The highest BCUT2D eigenvalue weighted by atomic mass is 32.1. The molecule has 1 aromatic heterocycles. The Balaban J connectivity index is 2.34. The minimum Gasteiger partial charge on any atom is -0.346 e. The molecular formula is C15H24N2OS. The van der Waals surface area contributed by atoms with E-state index in [-0.39, 0.29) is 11.2 Å². The lowest BCUT2D eigenvalue weighted by Gasteiger charge is -2.27. The minimum absolute atomic E-state index is 0.0584. The van der Waals surface area contributed by atoms with E-state index < -0.39 is 0 Å². The predicted octanol–water partition coefficient (Wildman–Crippen LogP) is 3.92. The van der Waals surface area contributed by atoms with E-state index in [1.165, 1.54) is 0 Å². The molecule has 0 aliphatic heterocycles. The van der Waals surface area contributed by atoms with Crippen molar-refractivity contribution in [2.75, 3.05) is 11.4 Å². The molecule has 0 aromatic carbocycles. The monoisotopic (exact) mass is 280 g/mol. The topological polar surface area (TPSA) is 33.2 Å². The van der Waals surface area contributed by atoms with Crippen molar-refractivity contribution >= 4 is 22.3 Å². The zero-order valence-electron chi connectivity index (χ0n) is 12.6. The van der Waals surface area contributed by atoms with Crippen molar-refractivity contribution in [2.24, 2.45) is 5.41 Å². The standard InChI is InChI=1S/C15H24N2OS/c1-6-7-17(10(2)3)14-16-11-8-15(4,5)9-12(18)13(11)19-14/h10H,6-9H2,1-5H3. The molecule has 1 aliphatic rings. The predicted molar refractivity (Wildman–Crippen MR) is 81.3 cm³/mol. The normalized spacial score (nSPS) is 17.7. The van der Waals surface area contributed by atoms with Crippen molar-refractivity contribution < 1.29 is 4.79 Å². The molecule has 1 aromatic rings. The number of nitrogens with zero attached hydrogens (tertiary/aromatic N) is 2. The molecule has 3 nitrogen and oxygen atoms in total. The van der Waals surface area contributed by atoms with Gasteiger partial charge in [0.1, 0.15) is 0 Å². The first kappa shape index (κ1) is 14.5. The highest BCUT2D eigenvalue weighted by Gasteiger charge is 2.34. The van der Waals surface area contributed by atoms with Crippen molar-refractivity contribution in [3.05, 3.63) is 10.6 Å². The summed E-state index contributed by atoms with van der Waals surface area (Å²) in [5, 5.41) is 1.02. The van der Waals surface area contributed by atoms with Crippen molar-refractivity contribution in [1.29, 1.82) is 0 Å². The van der Waals surface area contributed by atoms with Gasteiger partial charge < -0.3 is 4.90 Å². The van der Waals surface area contributed by atoms with Gasteiger partial charge in [-0.3, -0.25) is 4.79 Å². The van der Waals surface area contributed by atoms with Gasteiger partial charge in [0.05, 0.1) is 10.6 Å². The quantitative estimate of drug-likeness (QED) is 0.838. The maximum Gasteiger partial charge on any atom is 0.186 e. The molecule has 0 N–H and O–H groups in total. The Morgan fingerprint density at radius 3 is 2.63 bits per heavy atom. The number of hydrogen-bond donors (Lipinski definition) is 0. The summed E-state index contributed by atoms with van der Waals surface area (Å²) in [7, 11) is 0. The fourth-order valence-electron chi connectivity index (χ4n) is 2.65. The van der Waals surface area contributed by atoms with Crippen LogP contribution >= 0.6 is 11.3 Å². The smallest absolute Gasteiger partial charge is 0.186 e. The summed E-state index contributed by atoms with van der Waals surface area (Å²) >= 11 is 1.59. The second kappa shape index (κ2) is 5.23. The van der Waals surface area contributed by atoms with Gasteiger partial charge in [-0.1, -0.05) is 32.1 Å².